The number of nitrogens with zero attached hydrogens (tertiary/aromatic N) is 3. The van der Waals surface area contributed by atoms with E-state index >= 15 is 0 Å². The van der Waals surface area contributed by atoms with E-state index in [2.05, 4.69) is 38.9 Å². The molecule has 3 heterocycles. The molecule has 0 atom stereocenters. The fourth-order valence-corrected chi connectivity index (χ4v) is 2.14. The summed E-state index contributed by atoms with van der Waals surface area (Å²) in [5, 5.41) is 3.15. The molecule has 4 heteroatoms. The number of fused-ring (bicyclic) bond motifs is 1. The van der Waals surface area contributed by atoms with Crippen molar-refractivity contribution < 1.29 is 0 Å². The molecule has 0 aliphatic carbocycles. The first kappa shape index (κ1) is 10.1. The topological polar surface area (TPSA) is 42.7 Å². The number of rotatable bonds is 2. The molecular formula is C13H14N4. The van der Waals surface area contributed by atoms with Crippen LogP contribution in [0.25, 0.3) is 16.6 Å². The molecule has 2 aromatic rings. The van der Waals surface area contributed by atoms with Gasteiger partial charge in [0.15, 0.2) is 0 Å². The van der Waals surface area contributed by atoms with Gasteiger partial charge in [0, 0.05) is 24.9 Å². The highest BCUT2D eigenvalue weighted by Crippen LogP contribution is 2.22. The zero-order valence-electron chi connectivity index (χ0n) is 9.72. The summed E-state index contributed by atoms with van der Waals surface area (Å²) in [7, 11) is 0. The Morgan fingerprint density at radius 1 is 1.47 bits per heavy atom. The molecule has 2 aromatic heterocycles. The van der Waals surface area contributed by atoms with Crippen LogP contribution < -0.4 is 5.32 Å². The lowest BCUT2D eigenvalue weighted by atomic mass is 10.2. The Labute approximate surface area is 99.7 Å². The Kier molecular flexibility index (Phi) is 2.40. The second-order valence-corrected chi connectivity index (χ2v) is 3.95. The standard InChI is InChI=1S/C13H14N4/c1-2-17-12-5-8-15-9-11(12)16-13(17)10-3-6-14-7-4-10/h3-6,8-9,14H,2,7H2,1H3. The highest BCUT2D eigenvalue weighted by atomic mass is 15.1. The summed E-state index contributed by atoms with van der Waals surface area (Å²) in [6.07, 6.45) is 9.81. The van der Waals surface area contributed by atoms with Crippen LogP contribution in [-0.2, 0) is 6.54 Å². The quantitative estimate of drug-likeness (QED) is 0.851. The van der Waals surface area contributed by atoms with Crippen LogP contribution in [0, 0.1) is 0 Å². The summed E-state index contributed by atoms with van der Waals surface area (Å²) in [5.41, 5.74) is 3.27. The fraction of sp³-hybridized carbons (Fsp3) is 0.231. The zero-order chi connectivity index (χ0) is 11.7. The first-order chi connectivity index (χ1) is 8.40. The van der Waals surface area contributed by atoms with Crippen molar-refractivity contribution in [1.82, 2.24) is 19.9 Å². The molecule has 0 saturated carbocycles. The van der Waals surface area contributed by atoms with Crippen molar-refractivity contribution in [2.24, 2.45) is 0 Å². The predicted octanol–water partition coefficient (Wildman–Crippen LogP) is 1.95. The van der Waals surface area contributed by atoms with E-state index in [4.69, 9.17) is 0 Å². The minimum absolute atomic E-state index is 0.858. The monoisotopic (exact) mass is 226 g/mol. The van der Waals surface area contributed by atoms with Gasteiger partial charge in [-0.05, 0) is 25.3 Å². The molecule has 0 unspecified atom stereocenters. The summed E-state index contributed by atoms with van der Waals surface area (Å²) >= 11 is 0. The van der Waals surface area contributed by atoms with Crippen molar-refractivity contribution >= 4 is 16.6 Å². The fourth-order valence-electron chi connectivity index (χ4n) is 2.14. The molecule has 3 rings (SSSR count). The van der Waals surface area contributed by atoms with Crippen molar-refractivity contribution in [2.75, 3.05) is 6.54 Å². The minimum atomic E-state index is 0.858. The number of nitrogens with one attached hydrogen (secondary N) is 1. The van der Waals surface area contributed by atoms with Gasteiger partial charge in [-0.2, -0.15) is 0 Å². The molecule has 0 bridgehead atoms. The van der Waals surface area contributed by atoms with E-state index in [9.17, 15) is 0 Å². The van der Waals surface area contributed by atoms with Crippen LogP contribution in [-0.4, -0.2) is 21.1 Å². The third-order valence-electron chi connectivity index (χ3n) is 2.95. The lowest BCUT2D eigenvalue weighted by Crippen LogP contribution is -2.10. The number of aromatic nitrogens is 3. The molecule has 0 fully saturated rings. The van der Waals surface area contributed by atoms with Gasteiger partial charge in [0.2, 0.25) is 0 Å². The summed E-state index contributed by atoms with van der Waals surface area (Å²) < 4.78 is 2.22. The van der Waals surface area contributed by atoms with E-state index in [0.29, 0.717) is 0 Å². The van der Waals surface area contributed by atoms with Gasteiger partial charge in [-0.25, -0.2) is 4.98 Å². The maximum Gasteiger partial charge on any atom is 0.140 e. The summed E-state index contributed by atoms with van der Waals surface area (Å²) in [5.74, 6) is 1.02. The Balaban J connectivity index is 2.22. The van der Waals surface area contributed by atoms with Crippen molar-refractivity contribution in [3.05, 3.63) is 42.6 Å². The Morgan fingerprint density at radius 2 is 2.41 bits per heavy atom. The molecule has 1 N–H and O–H groups in total. The molecule has 1 aliphatic heterocycles. The minimum Gasteiger partial charge on any atom is -0.387 e. The zero-order valence-corrected chi connectivity index (χ0v) is 9.72. The maximum absolute atomic E-state index is 4.66. The number of hydrogen-bond donors (Lipinski definition) is 1. The number of pyridine rings is 1. The average Bonchev–Trinajstić information content (AvgIpc) is 2.78. The Bertz CT molecular complexity index is 607. The summed E-state index contributed by atoms with van der Waals surface area (Å²) in [6, 6.07) is 2.01. The van der Waals surface area contributed by atoms with Crippen LogP contribution in [0.1, 0.15) is 12.7 Å². The molecule has 0 spiro atoms. The molecule has 1 aliphatic rings. The largest absolute Gasteiger partial charge is 0.387 e. The second-order valence-electron chi connectivity index (χ2n) is 3.95. The first-order valence-electron chi connectivity index (χ1n) is 5.81. The predicted molar refractivity (Wildman–Crippen MR) is 68.3 cm³/mol. The number of aryl methyl sites for hydroxylation is 1. The van der Waals surface area contributed by atoms with Crippen LogP contribution in [0.5, 0.6) is 0 Å². The molecule has 17 heavy (non-hydrogen) atoms. The van der Waals surface area contributed by atoms with E-state index in [1.807, 2.05) is 24.7 Å². The molecule has 0 radical (unpaired) electrons. The lowest BCUT2D eigenvalue weighted by Gasteiger charge is -2.10. The van der Waals surface area contributed by atoms with Gasteiger partial charge in [0.25, 0.3) is 0 Å². The third-order valence-corrected chi connectivity index (χ3v) is 2.95. The highest BCUT2D eigenvalue weighted by Gasteiger charge is 2.12. The van der Waals surface area contributed by atoms with Crippen LogP contribution in [0.4, 0.5) is 0 Å². The number of hydrogen-bond acceptors (Lipinski definition) is 3. The third kappa shape index (κ3) is 1.62. The van der Waals surface area contributed by atoms with Crippen LogP contribution in [0.15, 0.2) is 36.8 Å². The van der Waals surface area contributed by atoms with E-state index in [-0.39, 0.29) is 0 Å². The average molecular weight is 226 g/mol. The number of allylic oxidation sites excluding steroid dienone is 2. The van der Waals surface area contributed by atoms with Crippen molar-refractivity contribution in [3.63, 3.8) is 0 Å². The van der Waals surface area contributed by atoms with Gasteiger partial charge in [-0.1, -0.05) is 6.08 Å². The second kappa shape index (κ2) is 4.05. The van der Waals surface area contributed by atoms with Crippen LogP contribution in [0.3, 0.4) is 0 Å². The van der Waals surface area contributed by atoms with Crippen LogP contribution in [0.2, 0.25) is 0 Å². The van der Waals surface area contributed by atoms with Crippen molar-refractivity contribution in [1.29, 1.82) is 0 Å². The molecule has 4 nitrogen and oxygen atoms in total. The normalized spacial score (nSPS) is 14.8. The van der Waals surface area contributed by atoms with Gasteiger partial charge in [0.1, 0.15) is 11.3 Å². The SMILES string of the molecule is CCn1c(C2=CCNC=C2)nc2cnccc21. The van der Waals surface area contributed by atoms with E-state index in [1.165, 1.54) is 5.57 Å². The van der Waals surface area contributed by atoms with Crippen molar-refractivity contribution in [2.45, 2.75) is 13.5 Å². The van der Waals surface area contributed by atoms with Crippen LogP contribution >= 0.6 is 0 Å². The summed E-state index contributed by atoms with van der Waals surface area (Å²) in [6.45, 7) is 3.90. The van der Waals surface area contributed by atoms with Gasteiger partial charge >= 0.3 is 0 Å². The lowest BCUT2D eigenvalue weighted by molar-refractivity contribution is 0.772. The maximum atomic E-state index is 4.66. The van der Waals surface area contributed by atoms with Crippen molar-refractivity contribution in [3.8, 4) is 0 Å². The van der Waals surface area contributed by atoms with E-state index in [1.54, 1.807) is 0 Å². The molecule has 0 amide bonds. The van der Waals surface area contributed by atoms with E-state index < -0.39 is 0 Å². The molecule has 86 valence electrons. The van der Waals surface area contributed by atoms with E-state index in [0.717, 1.165) is 29.9 Å². The van der Waals surface area contributed by atoms with Gasteiger partial charge in [0.05, 0.1) is 11.7 Å². The Hall–Kier alpha value is -2.10. The highest BCUT2D eigenvalue weighted by molar-refractivity contribution is 5.81. The molecule has 0 saturated heterocycles. The first-order valence-corrected chi connectivity index (χ1v) is 5.81. The number of dihydropyridines is 1. The summed E-state index contributed by atoms with van der Waals surface area (Å²) in [4.78, 5) is 8.78. The smallest absolute Gasteiger partial charge is 0.140 e. The van der Waals surface area contributed by atoms with Gasteiger partial charge in [-0.3, -0.25) is 4.98 Å². The van der Waals surface area contributed by atoms with Gasteiger partial charge < -0.3 is 9.88 Å². The Morgan fingerprint density at radius 3 is 3.18 bits per heavy atom. The van der Waals surface area contributed by atoms with Gasteiger partial charge in [-0.15, -0.1) is 0 Å². The molecule has 0 aromatic carbocycles. The molecular weight excluding hydrogens is 212 g/mol. The number of imidazole rings is 1.